The molecule has 0 fully saturated rings. The molecule has 20 heavy (non-hydrogen) atoms. The highest BCUT2D eigenvalue weighted by molar-refractivity contribution is 7.15. The Bertz CT molecular complexity index is 672. The van der Waals surface area contributed by atoms with Gasteiger partial charge in [0.2, 0.25) is 0 Å². The monoisotopic (exact) mass is 286 g/mol. The number of carbonyl (C=O) groups is 1. The number of hydrogen-bond acceptors (Lipinski definition) is 4. The summed E-state index contributed by atoms with van der Waals surface area (Å²) in [4.78, 5) is 18.1. The van der Waals surface area contributed by atoms with Gasteiger partial charge in [-0.05, 0) is 42.5 Å². The Kier molecular flexibility index (Phi) is 2.82. The zero-order valence-corrected chi connectivity index (χ0v) is 11.8. The fraction of sp³-hybridized carbons (Fsp3) is 0.333. The largest absolute Gasteiger partial charge is 0.372 e. The van der Waals surface area contributed by atoms with Crippen molar-refractivity contribution < 1.29 is 9.53 Å². The maximum atomic E-state index is 12.3. The van der Waals surface area contributed by atoms with Crippen LogP contribution in [0.25, 0.3) is 0 Å². The van der Waals surface area contributed by atoms with Gasteiger partial charge in [0.1, 0.15) is 0 Å². The van der Waals surface area contributed by atoms with E-state index in [1.165, 1.54) is 16.9 Å². The van der Waals surface area contributed by atoms with Gasteiger partial charge in [-0.25, -0.2) is 4.98 Å². The molecule has 2 heterocycles. The Morgan fingerprint density at radius 2 is 2.15 bits per heavy atom. The highest BCUT2D eigenvalue weighted by Gasteiger charge is 2.19. The first-order chi connectivity index (χ1) is 9.79. The van der Waals surface area contributed by atoms with Crippen molar-refractivity contribution in [3.05, 3.63) is 45.5 Å². The molecule has 1 aliphatic heterocycles. The number of amides is 1. The van der Waals surface area contributed by atoms with E-state index in [4.69, 9.17) is 4.74 Å². The van der Waals surface area contributed by atoms with Gasteiger partial charge in [0, 0.05) is 10.4 Å². The van der Waals surface area contributed by atoms with Crippen molar-refractivity contribution in [1.29, 1.82) is 0 Å². The lowest BCUT2D eigenvalue weighted by Gasteiger charge is -2.04. The van der Waals surface area contributed by atoms with Gasteiger partial charge in [-0.1, -0.05) is 6.07 Å². The smallest absolute Gasteiger partial charge is 0.257 e. The maximum absolute atomic E-state index is 12.3. The number of aryl methyl sites for hydroxylation is 2. The average Bonchev–Trinajstić information content (AvgIpc) is 3.11. The second-order valence-corrected chi connectivity index (χ2v) is 6.26. The van der Waals surface area contributed by atoms with Crippen LogP contribution in [-0.2, 0) is 30.8 Å². The van der Waals surface area contributed by atoms with Crippen LogP contribution in [0, 0.1) is 0 Å². The third-order valence-corrected chi connectivity index (χ3v) is 4.87. The molecule has 102 valence electrons. The Morgan fingerprint density at radius 1 is 1.25 bits per heavy atom. The van der Waals surface area contributed by atoms with E-state index in [0.29, 0.717) is 18.8 Å². The van der Waals surface area contributed by atoms with Crippen molar-refractivity contribution in [2.75, 3.05) is 5.32 Å². The molecule has 0 spiro atoms. The number of nitrogens with zero attached hydrogens (tertiary/aromatic N) is 1. The molecule has 1 amide bonds. The predicted octanol–water partition coefficient (Wildman–Crippen LogP) is 2.91. The molecule has 0 unspecified atom stereocenters. The van der Waals surface area contributed by atoms with Crippen LogP contribution >= 0.6 is 11.3 Å². The van der Waals surface area contributed by atoms with Crippen LogP contribution in [0.2, 0.25) is 0 Å². The molecule has 1 aliphatic carbocycles. The second-order valence-electron chi connectivity index (χ2n) is 5.17. The highest BCUT2D eigenvalue weighted by Crippen LogP contribution is 2.30. The number of carbonyl (C=O) groups excluding carboxylic acids is 1. The fourth-order valence-electron chi connectivity index (χ4n) is 2.73. The van der Waals surface area contributed by atoms with Crippen molar-refractivity contribution in [2.45, 2.75) is 32.5 Å². The van der Waals surface area contributed by atoms with Crippen LogP contribution in [0.4, 0.5) is 5.13 Å². The van der Waals surface area contributed by atoms with E-state index in [1.54, 1.807) is 11.3 Å². The minimum Gasteiger partial charge on any atom is -0.372 e. The van der Waals surface area contributed by atoms with E-state index in [-0.39, 0.29) is 5.91 Å². The second kappa shape index (κ2) is 4.68. The molecule has 0 atom stereocenters. The molecule has 0 saturated heterocycles. The molecule has 1 aromatic carbocycles. The van der Waals surface area contributed by atoms with Crippen LogP contribution in [0.15, 0.2) is 18.2 Å². The molecule has 2 aliphatic rings. The summed E-state index contributed by atoms with van der Waals surface area (Å²) < 4.78 is 5.37. The average molecular weight is 286 g/mol. The lowest BCUT2D eigenvalue weighted by atomic mass is 10.1. The molecule has 2 aromatic rings. The first-order valence-corrected chi connectivity index (χ1v) is 7.61. The number of ether oxygens (including phenoxy) is 1. The van der Waals surface area contributed by atoms with Crippen LogP contribution in [0.3, 0.4) is 0 Å². The van der Waals surface area contributed by atoms with E-state index in [1.807, 2.05) is 18.2 Å². The molecular weight excluding hydrogens is 272 g/mol. The molecular formula is C15H14N2O2S. The number of hydrogen-bond donors (Lipinski definition) is 1. The van der Waals surface area contributed by atoms with Crippen LogP contribution in [0.1, 0.15) is 38.5 Å². The third kappa shape index (κ3) is 2.03. The van der Waals surface area contributed by atoms with Gasteiger partial charge >= 0.3 is 0 Å². The van der Waals surface area contributed by atoms with Crippen molar-refractivity contribution in [2.24, 2.45) is 0 Å². The Morgan fingerprint density at radius 3 is 3.05 bits per heavy atom. The summed E-state index contributed by atoms with van der Waals surface area (Å²) in [7, 11) is 0. The summed E-state index contributed by atoms with van der Waals surface area (Å²) in [5.41, 5.74) is 4.12. The lowest BCUT2D eigenvalue weighted by Crippen LogP contribution is -2.12. The van der Waals surface area contributed by atoms with Crippen LogP contribution in [0.5, 0.6) is 0 Å². The number of rotatable bonds is 2. The van der Waals surface area contributed by atoms with Crippen LogP contribution in [-0.4, -0.2) is 10.9 Å². The lowest BCUT2D eigenvalue weighted by molar-refractivity contribution is 0.102. The quantitative estimate of drug-likeness (QED) is 0.923. The Hall–Kier alpha value is -1.72. The molecule has 1 aromatic heterocycles. The van der Waals surface area contributed by atoms with E-state index >= 15 is 0 Å². The first kappa shape index (κ1) is 12.1. The number of anilines is 1. The fourth-order valence-corrected chi connectivity index (χ4v) is 3.77. The number of aromatic nitrogens is 1. The van der Waals surface area contributed by atoms with Crippen molar-refractivity contribution in [3.8, 4) is 0 Å². The first-order valence-electron chi connectivity index (χ1n) is 6.79. The molecule has 0 bridgehead atoms. The van der Waals surface area contributed by atoms with Gasteiger partial charge in [-0.2, -0.15) is 0 Å². The number of fused-ring (bicyclic) bond motifs is 2. The molecule has 5 heteroatoms. The van der Waals surface area contributed by atoms with E-state index in [9.17, 15) is 4.79 Å². The number of nitrogens with one attached hydrogen (secondary N) is 1. The number of thiazole rings is 1. The van der Waals surface area contributed by atoms with Crippen molar-refractivity contribution in [1.82, 2.24) is 4.98 Å². The molecule has 4 rings (SSSR count). The van der Waals surface area contributed by atoms with Gasteiger partial charge < -0.3 is 4.74 Å². The zero-order chi connectivity index (χ0) is 13.5. The van der Waals surface area contributed by atoms with Crippen molar-refractivity contribution in [3.63, 3.8) is 0 Å². The summed E-state index contributed by atoms with van der Waals surface area (Å²) in [6.45, 7) is 1.25. The van der Waals surface area contributed by atoms with Gasteiger partial charge in [-0.15, -0.1) is 11.3 Å². The maximum Gasteiger partial charge on any atom is 0.257 e. The van der Waals surface area contributed by atoms with Gasteiger partial charge in [0.25, 0.3) is 5.91 Å². The normalized spacial score (nSPS) is 16.0. The minimum absolute atomic E-state index is 0.0906. The number of benzene rings is 1. The third-order valence-electron chi connectivity index (χ3n) is 3.80. The standard InChI is InChI=1S/C15H14N2O2S/c18-14(9-4-5-10-7-19-8-11(10)6-9)17-15-16-12-2-1-3-13(12)20-15/h4-6H,1-3,7-8H2,(H,16,17,18). The van der Waals surface area contributed by atoms with E-state index < -0.39 is 0 Å². The predicted molar refractivity (Wildman–Crippen MR) is 77.0 cm³/mol. The zero-order valence-electron chi connectivity index (χ0n) is 10.9. The SMILES string of the molecule is O=C(Nc1nc2c(s1)CCC2)c1ccc2c(c1)COC2. The summed E-state index contributed by atoms with van der Waals surface area (Å²) in [6.07, 6.45) is 3.32. The van der Waals surface area contributed by atoms with Gasteiger partial charge in [0.05, 0.1) is 18.9 Å². The molecule has 4 nitrogen and oxygen atoms in total. The van der Waals surface area contributed by atoms with Gasteiger partial charge in [0.15, 0.2) is 5.13 Å². The molecule has 0 radical (unpaired) electrons. The molecule has 0 saturated carbocycles. The van der Waals surface area contributed by atoms with E-state index in [2.05, 4.69) is 10.3 Å². The highest BCUT2D eigenvalue weighted by atomic mass is 32.1. The van der Waals surface area contributed by atoms with Crippen molar-refractivity contribution >= 4 is 22.4 Å². The van der Waals surface area contributed by atoms with E-state index in [0.717, 1.165) is 29.2 Å². The minimum atomic E-state index is -0.0906. The van der Waals surface area contributed by atoms with Crippen LogP contribution < -0.4 is 5.32 Å². The van der Waals surface area contributed by atoms with Gasteiger partial charge in [-0.3, -0.25) is 10.1 Å². The Labute approximate surface area is 120 Å². The summed E-state index contributed by atoms with van der Waals surface area (Å²) in [5, 5.41) is 3.63. The summed E-state index contributed by atoms with van der Waals surface area (Å²) in [5.74, 6) is -0.0906. The summed E-state index contributed by atoms with van der Waals surface area (Å²) >= 11 is 1.60. The molecule has 1 N–H and O–H groups in total. The Balaban J connectivity index is 1.55. The summed E-state index contributed by atoms with van der Waals surface area (Å²) in [6, 6.07) is 5.74. The topological polar surface area (TPSA) is 51.2 Å².